The molecule has 8 heteroatoms. The van der Waals surface area contributed by atoms with Crippen LogP contribution in [0.2, 0.25) is 25.7 Å². The van der Waals surface area contributed by atoms with Crippen LogP contribution < -0.4 is 5.32 Å². The number of rotatable bonds is 8. The fourth-order valence-electron chi connectivity index (χ4n) is 3.39. The van der Waals surface area contributed by atoms with Crippen LogP contribution in [0.5, 0.6) is 0 Å². The first-order valence-electron chi connectivity index (χ1n) is 10.1. The fraction of sp³-hybridized carbons (Fsp3) is 0.409. The molecule has 1 heterocycles. The lowest BCUT2D eigenvalue weighted by Crippen LogP contribution is -2.48. The second kappa shape index (κ2) is 9.31. The normalized spacial score (nSPS) is 16.6. The number of sulfonamides is 1. The topological polar surface area (TPSA) is 82.4 Å². The second-order valence-electron chi connectivity index (χ2n) is 8.78. The van der Waals surface area contributed by atoms with E-state index in [1.54, 1.807) is 36.4 Å². The molecule has 0 aliphatic carbocycles. The summed E-state index contributed by atoms with van der Waals surface area (Å²) >= 11 is 0. The van der Waals surface area contributed by atoms with E-state index in [4.69, 9.17) is 4.74 Å². The van der Waals surface area contributed by atoms with Crippen LogP contribution in [0.4, 0.5) is 5.69 Å². The summed E-state index contributed by atoms with van der Waals surface area (Å²) in [6, 6.07) is 16.8. The van der Waals surface area contributed by atoms with Crippen molar-refractivity contribution in [1.29, 1.82) is 5.26 Å². The Hall–Kier alpha value is -2.18. The lowest BCUT2D eigenvalue weighted by Gasteiger charge is -2.35. The highest BCUT2D eigenvalue weighted by molar-refractivity contribution is 7.89. The van der Waals surface area contributed by atoms with Crippen molar-refractivity contribution in [3.63, 3.8) is 0 Å². The highest BCUT2D eigenvalue weighted by Gasteiger charge is 2.34. The van der Waals surface area contributed by atoms with E-state index in [2.05, 4.69) is 31.0 Å². The van der Waals surface area contributed by atoms with E-state index in [1.165, 1.54) is 4.31 Å². The van der Waals surface area contributed by atoms with Gasteiger partial charge in [0.25, 0.3) is 0 Å². The second-order valence-corrected chi connectivity index (χ2v) is 16.3. The first-order chi connectivity index (χ1) is 14.2. The molecule has 3 rings (SSSR count). The molecule has 1 aliphatic heterocycles. The van der Waals surface area contributed by atoms with E-state index in [-0.39, 0.29) is 17.7 Å². The van der Waals surface area contributed by atoms with E-state index >= 15 is 0 Å². The highest BCUT2D eigenvalue weighted by atomic mass is 32.2. The predicted molar refractivity (Wildman–Crippen MR) is 122 cm³/mol. The number of nitriles is 1. The first kappa shape index (κ1) is 22.5. The van der Waals surface area contributed by atoms with Crippen LogP contribution >= 0.6 is 0 Å². The summed E-state index contributed by atoms with van der Waals surface area (Å²) in [4.78, 5) is 0.260. The summed E-state index contributed by atoms with van der Waals surface area (Å²) in [6.45, 7) is 7.85. The number of benzene rings is 2. The molecule has 30 heavy (non-hydrogen) atoms. The Morgan fingerprint density at radius 1 is 1.20 bits per heavy atom. The molecule has 0 bridgehead atoms. The number of ether oxygens (including phenoxy) is 1. The molecular formula is C22H29N3O3SSi. The van der Waals surface area contributed by atoms with Crippen molar-refractivity contribution in [2.24, 2.45) is 0 Å². The Morgan fingerprint density at radius 2 is 1.93 bits per heavy atom. The lowest BCUT2D eigenvalue weighted by molar-refractivity contribution is 0.0628. The smallest absolute Gasteiger partial charge is 0.245 e. The van der Waals surface area contributed by atoms with Crippen LogP contribution in [0.3, 0.4) is 0 Å². The molecule has 1 atom stereocenters. The van der Waals surface area contributed by atoms with Gasteiger partial charge in [-0.3, -0.25) is 0 Å². The predicted octanol–water partition coefficient (Wildman–Crippen LogP) is 3.90. The molecule has 1 aliphatic rings. The molecule has 2 aromatic carbocycles. The van der Waals surface area contributed by atoms with Gasteiger partial charge in [-0.05, 0) is 48.4 Å². The van der Waals surface area contributed by atoms with Crippen LogP contribution in [0, 0.1) is 11.3 Å². The molecule has 2 aromatic rings. The summed E-state index contributed by atoms with van der Waals surface area (Å²) < 4.78 is 34.2. The first-order valence-corrected chi connectivity index (χ1v) is 15.3. The van der Waals surface area contributed by atoms with Gasteiger partial charge in [0.05, 0.1) is 16.5 Å². The third-order valence-corrected chi connectivity index (χ3v) is 8.78. The van der Waals surface area contributed by atoms with Gasteiger partial charge in [0.15, 0.2) is 0 Å². The van der Waals surface area contributed by atoms with Gasteiger partial charge in [0.1, 0.15) is 6.73 Å². The summed E-state index contributed by atoms with van der Waals surface area (Å²) in [5, 5.41) is 12.5. The van der Waals surface area contributed by atoms with Crippen molar-refractivity contribution in [2.45, 2.75) is 43.0 Å². The van der Waals surface area contributed by atoms with Gasteiger partial charge in [0.2, 0.25) is 10.0 Å². The van der Waals surface area contributed by atoms with E-state index in [9.17, 15) is 13.7 Å². The van der Waals surface area contributed by atoms with Crippen LogP contribution in [0.1, 0.15) is 11.1 Å². The van der Waals surface area contributed by atoms with Crippen molar-refractivity contribution < 1.29 is 13.2 Å². The number of fused-ring (bicyclic) bond motifs is 1. The molecule has 0 fully saturated rings. The largest absolute Gasteiger partial charge is 0.383 e. The summed E-state index contributed by atoms with van der Waals surface area (Å²) in [7, 11) is -4.99. The zero-order chi connectivity index (χ0) is 21.8. The van der Waals surface area contributed by atoms with E-state index in [1.807, 2.05) is 12.1 Å². The number of hydrogen-bond acceptors (Lipinski definition) is 5. The molecule has 0 saturated heterocycles. The fourth-order valence-corrected chi connectivity index (χ4v) is 5.68. The van der Waals surface area contributed by atoms with Crippen LogP contribution in [-0.2, 0) is 21.2 Å². The van der Waals surface area contributed by atoms with Gasteiger partial charge in [-0.1, -0.05) is 37.8 Å². The quantitative estimate of drug-likeness (QED) is 0.380. The Bertz CT molecular complexity index is 1010. The molecule has 0 radical (unpaired) electrons. The van der Waals surface area contributed by atoms with Gasteiger partial charge in [-0.25, -0.2) is 8.42 Å². The maximum Gasteiger partial charge on any atom is 0.245 e. The lowest BCUT2D eigenvalue weighted by atomic mass is 9.98. The molecular weight excluding hydrogens is 414 g/mol. The Balaban J connectivity index is 1.85. The molecule has 0 saturated carbocycles. The zero-order valence-corrected chi connectivity index (χ0v) is 19.6. The number of anilines is 1. The summed E-state index contributed by atoms with van der Waals surface area (Å²) in [5.41, 5.74) is 2.46. The van der Waals surface area contributed by atoms with Gasteiger partial charge < -0.3 is 10.1 Å². The van der Waals surface area contributed by atoms with Crippen LogP contribution in [0.15, 0.2) is 53.4 Å². The number of nitrogens with one attached hydrogen (secondary N) is 1. The minimum Gasteiger partial charge on any atom is -0.383 e. The number of nitrogens with zero attached hydrogens (tertiary/aromatic N) is 2. The SMILES string of the molecule is C[Si](C)(C)CCOCN(C1CNc2ccc(C#N)cc2C1)S(=O)(=O)c1ccccc1. The third kappa shape index (κ3) is 5.49. The van der Waals surface area contributed by atoms with E-state index in [0.717, 1.165) is 17.3 Å². The molecule has 160 valence electrons. The van der Waals surface area contributed by atoms with Gasteiger partial charge in [-0.2, -0.15) is 9.57 Å². The maximum atomic E-state index is 13.4. The van der Waals surface area contributed by atoms with Crippen molar-refractivity contribution in [3.8, 4) is 6.07 Å². The third-order valence-electron chi connectivity index (χ3n) is 5.19. The van der Waals surface area contributed by atoms with E-state index in [0.29, 0.717) is 25.1 Å². The standard InChI is InChI=1S/C22H29N3O3SSi/c1-30(2,3)12-11-28-17-25(29(26,27)21-7-5-4-6-8-21)20-14-19-13-18(15-23)9-10-22(19)24-16-20/h4-10,13,20,24H,11-12,14,16-17H2,1-3H3. The summed E-state index contributed by atoms with van der Waals surface area (Å²) in [5.74, 6) is 0. The van der Waals surface area contributed by atoms with Crippen LogP contribution in [-0.4, -0.2) is 46.7 Å². The minimum absolute atomic E-state index is 0.0152. The molecule has 0 spiro atoms. The van der Waals surface area contributed by atoms with E-state index < -0.39 is 18.1 Å². The molecule has 0 aromatic heterocycles. The van der Waals surface area contributed by atoms with Gasteiger partial charge >= 0.3 is 0 Å². The molecule has 1 N–H and O–H groups in total. The average Bonchev–Trinajstić information content (AvgIpc) is 2.72. The Kier molecular flexibility index (Phi) is 6.98. The Labute approximate surface area is 180 Å². The highest BCUT2D eigenvalue weighted by Crippen LogP contribution is 2.28. The van der Waals surface area contributed by atoms with Crippen molar-refractivity contribution in [3.05, 3.63) is 59.7 Å². The van der Waals surface area contributed by atoms with Crippen molar-refractivity contribution in [1.82, 2.24) is 4.31 Å². The number of hydrogen-bond donors (Lipinski definition) is 1. The van der Waals surface area contributed by atoms with Gasteiger partial charge in [-0.15, -0.1) is 0 Å². The van der Waals surface area contributed by atoms with Crippen LogP contribution in [0.25, 0.3) is 0 Å². The molecule has 6 nitrogen and oxygen atoms in total. The van der Waals surface area contributed by atoms with Gasteiger partial charge in [0, 0.05) is 33.0 Å². The average molecular weight is 444 g/mol. The molecule has 1 unspecified atom stereocenters. The monoisotopic (exact) mass is 443 g/mol. The van der Waals surface area contributed by atoms with Crippen molar-refractivity contribution >= 4 is 23.8 Å². The van der Waals surface area contributed by atoms with Crippen molar-refractivity contribution in [2.75, 3.05) is 25.2 Å². The summed E-state index contributed by atoms with van der Waals surface area (Å²) in [6.07, 6.45) is 0.529. The maximum absolute atomic E-state index is 13.4. The minimum atomic E-state index is -3.72. The molecule has 0 amide bonds. The Morgan fingerprint density at radius 3 is 2.60 bits per heavy atom. The zero-order valence-electron chi connectivity index (χ0n) is 17.8.